The van der Waals surface area contributed by atoms with E-state index >= 15 is 0 Å². The number of thioether (sulfide) groups is 1. The Balaban J connectivity index is 2.51. The molecule has 0 aliphatic heterocycles. The van der Waals surface area contributed by atoms with Crippen LogP contribution in [0.25, 0.3) is 0 Å². The van der Waals surface area contributed by atoms with Gasteiger partial charge in [0.2, 0.25) is 0 Å². The molecule has 0 saturated heterocycles. The SMILES string of the molecule is NN=C(N)SCc1ccc(Cl)nc1. The number of rotatable bonds is 2. The van der Waals surface area contributed by atoms with Crippen LogP contribution >= 0.6 is 23.4 Å². The summed E-state index contributed by atoms with van der Waals surface area (Å²) in [6.45, 7) is 0. The van der Waals surface area contributed by atoms with Crippen molar-refractivity contribution in [1.82, 2.24) is 4.98 Å². The van der Waals surface area contributed by atoms with Crippen LogP contribution in [0.4, 0.5) is 0 Å². The molecule has 0 aromatic carbocycles. The predicted octanol–water partition coefficient (Wildman–Crippen LogP) is 1.16. The van der Waals surface area contributed by atoms with Gasteiger partial charge >= 0.3 is 0 Å². The Morgan fingerprint density at radius 3 is 2.92 bits per heavy atom. The van der Waals surface area contributed by atoms with Crippen molar-refractivity contribution < 1.29 is 0 Å². The molecule has 13 heavy (non-hydrogen) atoms. The largest absolute Gasteiger partial charge is 0.377 e. The standard InChI is InChI=1S/C7H9ClN4S/c8-6-2-1-5(3-11-6)4-13-7(9)12-10/h1-3H,4,10H2,(H2,9,12). The zero-order chi connectivity index (χ0) is 9.68. The normalized spacial score (nSPS) is 11.6. The minimum Gasteiger partial charge on any atom is -0.377 e. The number of nitrogens with zero attached hydrogens (tertiary/aromatic N) is 2. The van der Waals surface area contributed by atoms with E-state index in [0.717, 1.165) is 5.56 Å². The van der Waals surface area contributed by atoms with Crippen molar-refractivity contribution in [3.05, 3.63) is 29.0 Å². The molecule has 0 fully saturated rings. The van der Waals surface area contributed by atoms with E-state index in [1.165, 1.54) is 11.8 Å². The van der Waals surface area contributed by atoms with Crippen LogP contribution in [0.2, 0.25) is 5.15 Å². The van der Waals surface area contributed by atoms with Gasteiger partial charge in [-0.15, -0.1) is 0 Å². The molecule has 0 spiro atoms. The van der Waals surface area contributed by atoms with E-state index in [1.54, 1.807) is 12.3 Å². The molecule has 0 unspecified atom stereocenters. The molecule has 1 rings (SSSR count). The number of amidine groups is 1. The first-order valence-corrected chi connectivity index (χ1v) is 4.85. The smallest absolute Gasteiger partial charge is 0.177 e. The van der Waals surface area contributed by atoms with E-state index in [2.05, 4.69) is 10.1 Å². The fraction of sp³-hybridized carbons (Fsp3) is 0.143. The van der Waals surface area contributed by atoms with Gasteiger partial charge in [-0.2, -0.15) is 5.10 Å². The minimum absolute atomic E-state index is 0.356. The second-order valence-electron chi connectivity index (χ2n) is 2.25. The molecule has 0 atom stereocenters. The highest BCUT2D eigenvalue weighted by molar-refractivity contribution is 8.13. The topological polar surface area (TPSA) is 77.3 Å². The summed E-state index contributed by atoms with van der Waals surface area (Å²) in [4.78, 5) is 3.92. The number of halogens is 1. The first-order valence-electron chi connectivity index (χ1n) is 3.49. The zero-order valence-electron chi connectivity index (χ0n) is 6.77. The van der Waals surface area contributed by atoms with Gasteiger partial charge in [-0.25, -0.2) is 4.98 Å². The Hall–Kier alpha value is -0.940. The Kier molecular flexibility index (Phi) is 3.85. The van der Waals surface area contributed by atoms with Gasteiger partial charge in [-0.3, -0.25) is 0 Å². The molecular weight excluding hydrogens is 208 g/mol. The van der Waals surface area contributed by atoms with Gasteiger partial charge in [0.25, 0.3) is 0 Å². The molecule has 1 aromatic heterocycles. The zero-order valence-corrected chi connectivity index (χ0v) is 8.35. The lowest BCUT2D eigenvalue weighted by atomic mass is 10.3. The van der Waals surface area contributed by atoms with Gasteiger partial charge < -0.3 is 11.6 Å². The van der Waals surface area contributed by atoms with Crippen molar-refractivity contribution in [3.8, 4) is 0 Å². The van der Waals surface area contributed by atoms with E-state index < -0.39 is 0 Å². The first-order chi connectivity index (χ1) is 6.22. The number of hydrazone groups is 1. The van der Waals surface area contributed by atoms with Crippen molar-refractivity contribution in [3.63, 3.8) is 0 Å². The predicted molar refractivity (Wildman–Crippen MR) is 56.4 cm³/mol. The van der Waals surface area contributed by atoms with Crippen molar-refractivity contribution in [2.24, 2.45) is 16.7 Å². The fourth-order valence-corrected chi connectivity index (χ4v) is 1.36. The number of nitrogens with two attached hydrogens (primary N) is 2. The number of hydrogen-bond acceptors (Lipinski definition) is 4. The highest BCUT2D eigenvalue weighted by atomic mass is 35.5. The van der Waals surface area contributed by atoms with Crippen LogP contribution in [0, 0.1) is 0 Å². The van der Waals surface area contributed by atoms with Crippen molar-refractivity contribution in [2.45, 2.75) is 5.75 Å². The van der Waals surface area contributed by atoms with Gasteiger partial charge in [-0.1, -0.05) is 29.4 Å². The Morgan fingerprint density at radius 1 is 1.62 bits per heavy atom. The highest BCUT2D eigenvalue weighted by Gasteiger charge is 1.96. The lowest BCUT2D eigenvalue weighted by Gasteiger charge is -1.99. The van der Waals surface area contributed by atoms with Gasteiger partial charge in [0, 0.05) is 11.9 Å². The third-order valence-corrected chi connectivity index (χ3v) is 2.41. The van der Waals surface area contributed by atoms with Crippen LogP contribution in [-0.4, -0.2) is 10.2 Å². The van der Waals surface area contributed by atoms with Crippen molar-refractivity contribution in [2.75, 3.05) is 0 Å². The number of hydrogen-bond donors (Lipinski definition) is 2. The minimum atomic E-state index is 0.356. The third kappa shape index (κ3) is 3.52. The molecular formula is C7H9ClN4S. The Labute approximate surface area is 85.4 Å². The second-order valence-corrected chi connectivity index (χ2v) is 3.63. The maximum absolute atomic E-state index is 5.62. The summed E-state index contributed by atoms with van der Waals surface area (Å²) in [6.07, 6.45) is 1.69. The van der Waals surface area contributed by atoms with Crippen molar-refractivity contribution in [1.29, 1.82) is 0 Å². The molecule has 0 amide bonds. The summed E-state index contributed by atoms with van der Waals surface area (Å²) < 4.78 is 0. The van der Waals surface area contributed by atoms with E-state index in [1.807, 2.05) is 6.07 Å². The summed E-state index contributed by atoms with van der Waals surface area (Å²) in [5.41, 5.74) is 6.42. The lowest BCUT2D eigenvalue weighted by Crippen LogP contribution is -2.09. The molecule has 1 aromatic rings. The highest BCUT2D eigenvalue weighted by Crippen LogP contribution is 2.12. The molecule has 6 heteroatoms. The number of pyridine rings is 1. The molecule has 0 aliphatic carbocycles. The summed E-state index contributed by atoms with van der Waals surface area (Å²) in [5.74, 6) is 5.66. The fourth-order valence-electron chi connectivity index (χ4n) is 0.686. The molecule has 1 heterocycles. The van der Waals surface area contributed by atoms with Crippen LogP contribution in [-0.2, 0) is 5.75 Å². The molecule has 0 bridgehead atoms. The average Bonchev–Trinajstić information content (AvgIpc) is 2.16. The second kappa shape index (κ2) is 4.94. The molecule has 4 nitrogen and oxygen atoms in total. The van der Waals surface area contributed by atoms with Crippen LogP contribution in [0.5, 0.6) is 0 Å². The molecule has 70 valence electrons. The Bertz CT molecular complexity index is 298. The summed E-state index contributed by atoms with van der Waals surface area (Å²) >= 11 is 6.97. The van der Waals surface area contributed by atoms with E-state index in [9.17, 15) is 0 Å². The van der Waals surface area contributed by atoms with Crippen LogP contribution in [0.15, 0.2) is 23.4 Å². The van der Waals surface area contributed by atoms with E-state index in [0.29, 0.717) is 16.1 Å². The molecule has 4 N–H and O–H groups in total. The summed E-state index contributed by atoms with van der Waals surface area (Å²) in [6, 6.07) is 3.61. The van der Waals surface area contributed by atoms with Gasteiger partial charge in [0.05, 0.1) is 0 Å². The maximum atomic E-state index is 5.62. The van der Waals surface area contributed by atoms with Gasteiger partial charge in [0.1, 0.15) is 5.15 Å². The van der Waals surface area contributed by atoms with Crippen LogP contribution in [0.3, 0.4) is 0 Å². The lowest BCUT2D eigenvalue weighted by molar-refractivity contribution is 1.24. The van der Waals surface area contributed by atoms with E-state index in [-0.39, 0.29) is 0 Å². The summed E-state index contributed by atoms with van der Waals surface area (Å²) in [5, 5.41) is 4.17. The van der Waals surface area contributed by atoms with Crippen molar-refractivity contribution >= 4 is 28.5 Å². The third-order valence-electron chi connectivity index (χ3n) is 1.30. The van der Waals surface area contributed by atoms with Gasteiger partial charge in [0.15, 0.2) is 5.17 Å². The molecule has 0 saturated carbocycles. The number of aromatic nitrogens is 1. The van der Waals surface area contributed by atoms with E-state index in [4.69, 9.17) is 23.2 Å². The maximum Gasteiger partial charge on any atom is 0.177 e. The average molecular weight is 217 g/mol. The summed E-state index contributed by atoms with van der Waals surface area (Å²) in [7, 11) is 0. The first kappa shape index (κ1) is 10.1. The Morgan fingerprint density at radius 2 is 2.38 bits per heavy atom. The molecule has 0 radical (unpaired) electrons. The molecule has 0 aliphatic rings. The van der Waals surface area contributed by atoms with Gasteiger partial charge in [-0.05, 0) is 11.6 Å². The quantitative estimate of drug-likeness (QED) is 0.256. The van der Waals surface area contributed by atoms with Crippen LogP contribution in [0.1, 0.15) is 5.56 Å². The van der Waals surface area contributed by atoms with Crippen LogP contribution < -0.4 is 11.6 Å². The monoisotopic (exact) mass is 216 g/mol.